The Morgan fingerprint density at radius 1 is 1.31 bits per heavy atom. The van der Waals surface area contributed by atoms with Crippen molar-refractivity contribution in [2.45, 2.75) is 59.0 Å². The van der Waals surface area contributed by atoms with Crippen molar-refractivity contribution in [3.63, 3.8) is 0 Å². The van der Waals surface area contributed by atoms with Crippen LogP contribution >= 0.6 is 0 Å². The van der Waals surface area contributed by atoms with Gasteiger partial charge in [-0.3, -0.25) is 0 Å². The minimum absolute atomic E-state index is 0.0883. The van der Waals surface area contributed by atoms with Crippen molar-refractivity contribution in [3.8, 4) is 0 Å². The predicted molar refractivity (Wildman–Crippen MR) is 55.6 cm³/mol. The van der Waals surface area contributed by atoms with Gasteiger partial charge in [-0.15, -0.1) is 0 Å². The van der Waals surface area contributed by atoms with E-state index in [1.54, 1.807) is 0 Å². The maximum absolute atomic E-state index is 9.52. The Hall–Kier alpha value is -0.0800. The van der Waals surface area contributed by atoms with Gasteiger partial charge in [0.2, 0.25) is 0 Å². The molecule has 0 amide bonds. The highest BCUT2D eigenvalue weighted by atomic mass is 16.3. The highest BCUT2D eigenvalue weighted by molar-refractivity contribution is 4.72. The molecule has 0 rings (SSSR count). The quantitative estimate of drug-likeness (QED) is 0.644. The fourth-order valence-corrected chi connectivity index (χ4v) is 1.65. The molecule has 0 heterocycles. The van der Waals surface area contributed by atoms with E-state index in [1.807, 2.05) is 0 Å². The molecule has 1 atom stereocenters. The lowest BCUT2D eigenvalue weighted by Gasteiger charge is -2.27. The van der Waals surface area contributed by atoms with Crippen molar-refractivity contribution >= 4 is 0 Å². The first kappa shape index (κ1) is 12.9. The van der Waals surface area contributed by atoms with Gasteiger partial charge in [0.15, 0.2) is 0 Å². The van der Waals surface area contributed by atoms with Crippen molar-refractivity contribution in [2.24, 2.45) is 5.41 Å². The summed E-state index contributed by atoms with van der Waals surface area (Å²) >= 11 is 0. The van der Waals surface area contributed by atoms with Crippen LogP contribution in [-0.2, 0) is 0 Å². The van der Waals surface area contributed by atoms with Crippen LogP contribution in [0.1, 0.15) is 52.9 Å². The molecule has 0 aromatic rings. The summed E-state index contributed by atoms with van der Waals surface area (Å²) in [5, 5.41) is 18.2. The Balaban J connectivity index is 3.71. The molecule has 0 bridgehead atoms. The third kappa shape index (κ3) is 7.03. The Labute approximate surface area is 82.0 Å². The summed E-state index contributed by atoms with van der Waals surface area (Å²) in [7, 11) is 0. The molecule has 2 N–H and O–H groups in total. The molecule has 0 aliphatic rings. The van der Waals surface area contributed by atoms with E-state index in [0.29, 0.717) is 6.42 Å². The number of aliphatic hydroxyl groups is 2. The summed E-state index contributed by atoms with van der Waals surface area (Å²) in [5.74, 6) is 0. The Morgan fingerprint density at radius 3 is 2.38 bits per heavy atom. The zero-order valence-corrected chi connectivity index (χ0v) is 9.21. The first-order chi connectivity index (χ1) is 6.02. The molecule has 0 aromatic heterocycles. The maximum Gasteiger partial charge on any atom is 0.0567 e. The van der Waals surface area contributed by atoms with Crippen molar-refractivity contribution in [1.29, 1.82) is 0 Å². The third-order valence-electron chi connectivity index (χ3n) is 2.46. The first-order valence-corrected chi connectivity index (χ1v) is 5.31. The topological polar surface area (TPSA) is 40.5 Å². The molecule has 80 valence electrons. The number of aliphatic hydroxyl groups excluding tert-OH is 2. The zero-order valence-electron chi connectivity index (χ0n) is 9.21. The second-order valence-corrected chi connectivity index (χ2v) is 4.64. The van der Waals surface area contributed by atoms with Gasteiger partial charge in [-0.2, -0.15) is 0 Å². The van der Waals surface area contributed by atoms with Gasteiger partial charge in [0, 0.05) is 6.61 Å². The number of rotatable bonds is 7. The molecule has 0 aliphatic heterocycles. The molecular weight excluding hydrogens is 164 g/mol. The van der Waals surface area contributed by atoms with Crippen LogP contribution in [0.25, 0.3) is 0 Å². The summed E-state index contributed by atoms with van der Waals surface area (Å²) in [6, 6.07) is 0. The lowest BCUT2D eigenvalue weighted by molar-refractivity contribution is 0.0827. The number of unbranched alkanes of at least 4 members (excludes halogenated alkanes) is 1. The van der Waals surface area contributed by atoms with Crippen LogP contribution in [0.4, 0.5) is 0 Å². The summed E-state index contributed by atoms with van der Waals surface area (Å²) in [6.45, 7) is 6.64. The van der Waals surface area contributed by atoms with Crippen molar-refractivity contribution in [1.82, 2.24) is 0 Å². The highest BCUT2D eigenvalue weighted by Crippen LogP contribution is 2.29. The van der Waals surface area contributed by atoms with Crippen molar-refractivity contribution < 1.29 is 10.2 Å². The van der Waals surface area contributed by atoms with Gasteiger partial charge >= 0.3 is 0 Å². The Bertz CT molecular complexity index is 121. The third-order valence-corrected chi connectivity index (χ3v) is 2.46. The number of hydrogen-bond donors (Lipinski definition) is 2. The smallest absolute Gasteiger partial charge is 0.0567 e. The van der Waals surface area contributed by atoms with Gasteiger partial charge in [-0.05, 0) is 24.7 Å². The molecule has 0 fully saturated rings. The van der Waals surface area contributed by atoms with Crippen LogP contribution in [0.3, 0.4) is 0 Å². The standard InChI is InChI=1S/C11H24O2/c1-4-5-7-11(2,3)9-10(13)6-8-12/h10,12-13H,4-9H2,1-3H3. The zero-order chi connectivity index (χ0) is 10.3. The second-order valence-electron chi connectivity index (χ2n) is 4.64. The fraction of sp³-hybridized carbons (Fsp3) is 1.00. The van der Waals surface area contributed by atoms with E-state index in [2.05, 4.69) is 20.8 Å². The molecular formula is C11H24O2. The van der Waals surface area contributed by atoms with E-state index < -0.39 is 0 Å². The predicted octanol–water partition coefficient (Wildman–Crippen LogP) is 2.34. The molecule has 0 radical (unpaired) electrons. The molecule has 0 saturated carbocycles. The van der Waals surface area contributed by atoms with Gasteiger partial charge in [0.1, 0.15) is 0 Å². The highest BCUT2D eigenvalue weighted by Gasteiger charge is 2.20. The molecule has 0 spiro atoms. The van der Waals surface area contributed by atoms with Gasteiger partial charge in [0.25, 0.3) is 0 Å². The van der Waals surface area contributed by atoms with Crippen LogP contribution in [0.2, 0.25) is 0 Å². The van der Waals surface area contributed by atoms with Crippen LogP contribution in [0, 0.1) is 5.41 Å². The number of hydrogen-bond acceptors (Lipinski definition) is 2. The monoisotopic (exact) mass is 188 g/mol. The minimum atomic E-state index is -0.336. The SMILES string of the molecule is CCCCC(C)(C)CC(O)CCO. The lowest BCUT2D eigenvalue weighted by atomic mass is 9.81. The fourth-order valence-electron chi connectivity index (χ4n) is 1.65. The maximum atomic E-state index is 9.52. The van der Waals surface area contributed by atoms with Gasteiger partial charge < -0.3 is 10.2 Å². The average Bonchev–Trinajstić information content (AvgIpc) is 2.00. The van der Waals surface area contributed by atoms with Crippen LogP contribution in [0.15, 0.2) is 0 Å². The molecule has 2 nitrogen and oxygen atoms in total. The lowest BCUT2D eigenvalue weighted by Crippen LogP contribution is -2.21. The van der Waals surface area contributed by atoms with Gasteiger partial charge in [0.05, 0.1) is 6.10 Å². The van der Waals surface area contributed by atoms with Gasteiger partial charge in [-0.1, -0.05) is 33.6 Å². The Morgan fingerprint density at radius 2 is 1.92 bits per heavy atom. The normalized spacial score (nSPS) is 14.5. The minimum Gasteiger partial charge on any atom is -0.396 e. The molecule has 0 aliphatic carbocycles. The van der Waals surface area contributed by atoms with Crippen molar-refractivity contribution in [3.05, 3.63) is 0 Å². The Kier molecular flexibility index (Phi) is 6.35. The average molecular weight is 188 g/mol. The summed E-state index contributed by atoms with van der Waals surface area (Å²) in [5.41, 5.74) is 0.213. The van der Waals surface area contributed by atoms with Crippen LogP contribution < -0.4 is 0 Å². The van der Waals surface area contributed by atoms with Crippen LogP contribution in [0.5, 0.6) is 0 Å². The largest absolute Gasteiger partial charge is 0.396 e. The molecule has 0 saturated heterocycles. The summed E-state index contributed by atoms with van der Waals surface area (Å²) in [6.07, 6.45) is 4.56. The van der Waals surface area contributed by atoms with Crippen molar-refractivity contribution in [2.75, 3.05) is 6.61 Å². The summed E-state index contributed by atoms with van der Waals surface area (Å²) < 4.78 is 0. The second kappa shape index (κ2) is 6.39. The van der Waals surface area contributed by atoms with E-state index in [0.717, 1.165) is 12.8 Å². The van der Waals surface area contributed by atoms with Crippen LogP contribution in [-0.4, -0.2) is 22.9 Å². The molecule has 0 aromatic carbocycles. The van der Waals surface area contributed by atoms with Gasteiger partial charge in [-0.25, -0.2) is 0 Å². The van der Waals surface area contributed by atoms with E-state index in [9.17, 15) is 5.11 Å². The van der Waals surface area contributed by atoms with E-state index in [-0.39, 0.29) is 18.1 Å². The summed E-state index contributed by atoms with van der Waals surface area (Å²) in [4.78, 5) is 0. The van der Waals surface area contributed by atoms with E-state index in [4.69, 9.17) is 5.11 Å². The molecule has 1 unspecified atom stereocenters. The van der Waals surface area contributed by atoms with E-state index >= 15 is 0 Å². The van der Waals surface area contributed by atoms with E-state index in [1.165, 1.54) is 12.8 Å². The molecule has 2 heteroatoms. The first-order valence-electron chi connectivity index (χ1n) is 5.31. The molecule has 13 heavy (non-hydrogen) atoms.